The number of likely N-dealkylation sites (N-methyl/N-ethyl adjacent to an activating group) is 1. The van der Waals surface area contributed by atoms with Gasteiger partial charge in [0.05, 0.1) is 25.8 Å². The molecular formula is C19H30FN3O3. The summed E-state index contributed by atoms with van der Waals surface area (Å²) in [5, 5.41) is 13.2. The van der Waals surface area contributed by atoms with Gasteiger partial charge in [-0.05, 0) is 37.8 Å². The van der Waals surface area contributed by atoms with Crippen LogP contribution < -0.4 is 10.1 Å². The van der Waals surface area contributed by atoms with Gasteiger partial charge in [-0.2, -0.15) is 0 Å². The van der Waals surface area contributed by atoms with Crippen LogP contribution in [0.2, 0.25) is 0 Å². The van der Waals surface area contributed by atoms with Crippen molar-refractivity contribution in [3.63, 3.8) is 0 Å². The SMILES string of the molecule is CCNC(=NCC(O)COCC1CC1)N(C)CCOc1ccccc1F. The molecule has 0 radical (unpaired) electrons. The van der Waals surface area contributed by atoms with Gasteiger partial charge in [-0.15, -0.1) is 0 Å². The zero-order valence-electron chi connectivity index (χ0n) is 15.7. The van der Waals surface area contributed by atoms with Crippen LogP contribution >= 0.6 is 0 Å². The average Bonchev–Trinajstić information content (AvgIpc) is 3.44. The molecule has 7 heteroatoms. The van der Waals surface area contributed by atoms with E-state index in [0.29, 0.717) is 38.2 Å². The molecule has 26 heavy (non-hydrogen) atoms. The highest BCUT2D eigenvalue weighted by Gasteiger charge is 2.21. The molecule has 0 amide bonds. The summed E-state index contributed by atoms with van der Waals surface area (Å²) in [6.45, 7) is 4.86. The van der Waals surface area contributed by atoms with E-state index < -0.39 is 6.10 Å². The van der Waals surface area contributed by atoms with Gasteiger partial charge in [-0.3, -0.25) is 4.99 Å². The van der Waals surface area contributed by atoms with Gasteiger partial charge < -0.3 is 24.8 Å². The number of guanidine groups is 1. The summed E-state index contributed by atoms with van der Waals surface area (Å²) in [7, 11) is 1.88. The molecule has 0 aliphatic heterocycles. The van der Waals surface area contributed by atoms with Gasteiger partial charge in [-0.25, -0.2) is 4.39 Å². The van der Waals surface area contributed by atoms with Gasteiger partial charge in [0.25, 0.3) is 0 Å². The lowest BCUT2D eigenvalue weighted by Gasteiger charge is -2.22. The van der Waals surface area contributed by atoms with E-state index in [-0.39, 0.29) is 18.1 Å². The molecular weight excluding hydrogens is 337 g/mol. The zero-order valence-corrected chi connectivity index (χ0v) is 15.7. The number of halogens is 1. The summed E-state index contributed by atoms with van der Waals surface area (Å²) < 4.78 is 24.5. The Kier molecular flexibility index (Phi) is 8.64. The molecule has 0 bridgehead atoms. The highest BCUT2D eigenvalue weighted by molar-refractivity contribution is 5.79. The number of para-hydroxylation sites is 1. The second kappa shape index (κ2) is 11.0. The molecule has 2 N–H and O–H groups in total. The molecule has 1 aromatic rings. The smallest absolute Gasteiger partial charge is 0.193 e. The van der Waals surface area contributed by atoms with E-state index in [1.54, 1.807) is 18.2 Å². The molecule has 0 saturated heterocycles. The van der Waals surface area contributed by atoms with E-state index in [2.05, 4.69) is 10.3 Å². The highest BCUT2D eigenvalue weighted by atomic mass is 19.1. The number of hydrogen-bond donors (Lipinski definition) is 2. The average molecular weight is 367 g/mol. The number of ether oxygens (including phenoxy) is 2. The van der Waals surface area contributed by atoms with E-state index in [1.807, 2.05) is 18.9 Å². The van der Waals surface area contributed by atoms with Crippen molar-refractivity contribution in [1.82, 2.24) is 10.2 Å². The maximum atomic E-state index is 13.5. The first-order valence-corrected chi connectivity index (χ1v) is 9.22. The van der Waals surface area contributed by atoms with Gasteiger partial charge in [-0.1, -0.05) is 12.1 Å². The van der Waals surface area contributed by atoms with Crippen LogP contribution in [0.1, 0.15) is 19.8 Å². The number of aliphatic hydroxyl groups is 1. The van der Waals surface area contributed by atoms with Crippen LogP contribution in [0.25, 0.3) is 0 Å². The summed E-state index contributed by atoms with van der Waals surface area (Å²) in [5.74, 6) is 1.23. The molecule has 1 aliphatic carbocycles. The van der Waals surface area contributed by atoms with E-state index in [0.717, 1.165) is 6.61 Å². The summed E-state index contributed by atoms with van der Waals surface area (Å²) in [4.78, 5) is 6.33. The van der Waals surface area contributed by atoms with Crippen LogP contribution in [0.4, 0.5) is 4.39 Å². The Bertz CT molecular complexity index is 567. The zero-order chi connectivity index (χ0) is 18.8. The number of hydrogen-bond acceptors (Lipinski definition) is 4. The number of aliphatic imine (C=N–C) groups is 1. The minimum Gasteiger partial charge on any atom is -0.489 e. The Labute approximate surface area is 155 Å². The Morgan fingerprint density at radius 1 is 1.42 bits per heavy atom. The third-order valence-electron chi connectivity index (χ3n) is 4.03. The van der Waals surface area contributed by atoms with Gasteiger partial charge in [0.15, 0.2) is 17.5 Å². The van der Waals surface area contributed by atoms with Gasteiger partial charge in [0.1, 0.15) is 6.61 Å². The first-order valence-electron chi connectivity index (χ1n) is 9.22. The van der Waals surface area contributed by atoms with Crippen LogP contribution in [0.3, 0.4) is 0 Å². The lowest BCUT2D eigenvalue weighted by Crippen LogP contribution is -2.41. The van der Waals surface area contributed by atoms with Crippen LogP contribution in [-0.4, -0.2) is 68.6 Å². The molecule has 6 nitrogen and oxygen atoms in total. The number of nitrogens with one attached hydrogen (secondary N) is 1. The number of nitrogens with zero attached hydrogens (tertiary/aromatic N) is 2. The normalized spacial score (nSPS) is 15.6. The third-order valence-corrected chi connectivity index (χ3v) is 4.03. The van der Waals surface area contributed by atoms with Crippen molar-refractivity contribution >= 4 is 5.96 Å². The molecule has 1 aromatic carbocycles. The third kappa shape index (κ3) is 7.58. The molecule has 1 fully saturated rings. The molecule has 2 rings (SSSR count). The fraction of sp³-hybridized carbons (Fsp3) is 0.632. The fourth-order valence-electron chi connectivity index (χ4n) is 2.33. The molecule has 0 aromatic heterocycles. The first kappa shape index (κ1) is 20.5. The van der Waals surface area contributed by atoms with Crippen molar-refractivity contribution in [3.05, 3.63) is 30.1 Å². The van der Waals surface area contributed by atoms with Gasteiger partial charge >= 0.3 is 0 Å². The maximum absolute atomic E-state index is 13.5. The molecule has 0 heterocycles. The minimum atomic E-state index is -0.620. The Morgan fingerprint density at radius 2 is 2.19 bits per heavy atom. The fourth-order valence-corrected chi connectivity index (χ4v) is 2.33. The molecule has 1 aliphatic rings. The number of benzene rings is 1. The second-order valence-electron chi connectivity index (χ2n) is 6.53. The predicted molar refractivity (Wildman–Crippen MR) is 100 cm³/mol. The van der Waals surface area contributed by atoms with Gasteiger partial charge in [0, 0.05) is 20.2 Å². The summed E-state index contributed by atoms with van der Waals surface area (Å²) in [6.07, 6.45) is 1.85. The topological polar surface area (TPSA) is 66.3 Å². The van der Waals surface area contributed by atoms with Crippen LogP contribution in [0.5, 0.6) is 5.75 Å². The van der Waals surface area contributed by atoms with Crippen molar-refractivity contribution in [1.29, 1.82) is 0 Å². The standard InChI is InChI=1S/C19H30FN3O3/c1-3-21-19(22-12-16(24)14-25-13-15-8-9-15)23(2)10-11-26-18-7-5-4-6-17(18)20/h4-7,15-16,24H,3,8-14H2,1-2H3,(H,21,22). The molecule has 0 spiro atoms. The summed E-state index contributed by atoms with van der Waals surface area (Å²) in [5.41, 5.74) is 0. The Hall–Kier alpha value is -1.86. The number of aliphatic hydroxyl groups excluding tert-OH is 1. The largest absolute Gasteiger partial charge is 0.489 e. The van der Waals surface area contributed by atoms with Crippen molar-refractivity contribution in [2.75, 3.05) is 46.5 Å². The minimum absolute atomic E-state index is 0.242. The quantitative estimate of drug-likeness (QED) is 0.462. The monoisotopic (exact) mass is 367 g/mol. The molecule has 146 valence electrons. The van der Waals surface area contributed by atoms with Crippen LogP contribution in [-0.2, 0) is 4.74 Å². The highest BCUT2D eigenvalue weighted by Crippen LogP contribution is 2.28. The van der Waals surface area contributed by atoms with E-state index in [4.69, 9.17) is 9.47 Å². The van der Waals surface area contributed by atoms with Gasteiger partial charge in [0.2, 0.25) is 0 Å². The summed E-state index contributed by atoms with van der Waals surface area (Å²) >= 11 is 0. The van der Waals surface area contributed by atoms with E-state index >= 15 is 0 Å². The van der Waals surface area contributed by atoms with Crippen molar-refractivity contribution in [2.45, 2.75) is 25.9 Å². The molecule has 1 atom stereocenters. The van der Waals surface area contributed by atoms with E-state index in [1.165, 1.54) is 18.9 Å². The number of rotatable bonds is 11. The second-order valence-corrected chi connectivity index (χ2v) is 6.53. The lowest BCUT2D eigenvalue weighted by molar-refractivity contribution is 0.0367. The van der Waals surface area contributed by atoms with E-state index in [9.17, 15) is 9.50 Å². The van der Waals surface area contributed by atoms with Crippen molar-refractivity contribution in [3.8, 4) is 5.75 Å². The Morgan fingerprint density at radius 3 is 2.88 bits per heavy atom. The molecule has 1 unspecified atom stereocenters. The first-order chi connectivity index (χ1) is 12.6. The van der Waals surface area contributed by atoms with Crippen molar-refractivity contribution < 1.29 is 19.0 Å². The lowest BCUT2D eigenvalue weighted by atomic mass is 10.3. The van der Waals surface area contributed by atoms with Crippen LogP contribution in [0, 0.1) is 11.7 Å². The summed E-state index contributed by atoms with van der Waals surface area (Å²) in [6, 6.07) is 6.34. The molecule has 1 saturated carbocycles. The van der Waals surface area contributed by atoms with Crippen LogP contribution in [0.15, 0.2) is 29.3 Å². The maximum Gasteiger partial charge on any atom is 0.193 e. The Balaban J connectivity index is 1.73. The van der Waals surface area contributed by atoms with Crippen molar-refractivity contribution in [2.24, 2.45) is 10.9 Å². The predicted octanol–water partition coefficient (Wildman–Crippen LogP) is 1.89.